The van der Waals surface area contributed by atoms with Crippen molar-refractivity contribution in [1.29, 1.82) is 0 Å². The predicted molar refractivity (Wildman–Crippen MR) is 112 cm³/mol. The van der Waals surface area contributed by atoms with Crippen molar-refractivity contribution in [2.45, 2.75) is 76.7 Å². The highest BCUT2D eigenvalue weighted by Crippen LogP contribution is 2.31. The zero-order chi connectivity index (χ0) is 18.9. The van der Waals surface area contributed by atoms with Gasteiger partial charge in [-0.2, -0.15) is 0 Å². The fraction of sp³-hybridized carbons (Fsp3) is 0.520. The molecule has 1 heterocycles. The molecule has 1 saturated heterocycles. The van der Waals surface area contributed by atoms with E-state index in [1.807, 2.05) is 12.1 Å². The molecule has 1 nitrogen and oxygen atoms in total. The molecule has 1 fully saturated rings. The number of hydrogen-bond donors (Lipinski definition) is 0. The molecular formula is C25H33FO. The summed E-state index contributed by atoms with van der Waals surface area (Å²) in [5.74, 6) is 0.318. The van der Waals surface area contributed by atoms with Crippen molar-refractivity contribution in [3.8, 4) is 11.1 Å². The Morgan fingerprint density at radius 2 is 1.44 bits per heavy atom. The largest absolute Gasteiger partial charge is 0.378 e. The van der Waals surface area contributed by atoms with Crippen LogP contribution in [0, 0.1) is 5.82 Å². The van der Waals surface area contributed by atoms with Gasteiger partial charge in [0.25, 0.3) is 0 Å². The van der Waals surface area contributed by atoms with Crippen LogP contribution >= 0.6 is 0 Å². The highest BCUT2D eigenvalue weighted by Gasteiger charge is 2.22. The number of unbranched alkanes of at least 4 members (excludes halogenated alkanes) is 5. The molecule has 0 bridgehead atoms. The van der Waals surface area contributed by atoms with Crippen LogP contribution in [0.5, 0.6) is 0 Å². The van der Waals surface area contributed by atoms with E-state index in [2.05, 4.69) is 31.2 Å². The second-order valence-corrected chi connectivity index (χ2v) is 7.91. The summed E-state index contributed by atoms with van der Waals surface area (Å²) in [5, 5.41) is 0. The van der Waals surface area contributed by atoms with Crippen molar-refractivity contribution < 1.29 is 9.13 Å². The number of benzene rings is 2. The molecule has 0 saturated carbocycles. The summed E-state index contributed by atoms with van der Waals surface area (Å²) in [5.41, 5.74) is 3.55. The van der Waals surface area contributed by atoms with Gasteiger partial charge in [0, 0.05) is 5.92 Å². The number of ether oxygens (including phenoxy) is 1. The molecule has 2 unspecified atom stereocenters. The smallest absolute Gasteiger partial charge is 0.123 e. The molecule has 0 aromatic heterocycles. The molecule has 0 aliphatic carbocycles. The Labute approximate surface area is 164 Å². The third-order valence-corrected chi connectivity index (χ3v) is 5.81. The summed E-state index contributed by atoms with van der Waals surface area (Å²) in [6.07, 6.45) is 12.2. The maximum Gasteiger partial charge on any atom is 0.123 e. The van der Waals surface area contributed by atoms with Crippen LogP contribution in [0.25, 0.3) is 11.1 Å². The van der Waals surface area contributed by atoms with Crippen molar-refractivity contribution in [1.82, 2.24) is 0 Å². The Morgan fingerprint density at radius 1 is 0.815 bits per heavy atom. The molecule has 0 spiro atoms. The van der Waals surface area contributed by atoms with E-state index in [1.165, 1.54) is 75.5 Å². The van der Waals surface area contributed by atoms with Crippen molar-refractivity contribution in [2.75, 3.05) is 6.61 Å². The maximum atomic E-state index is 13.1. The Hall–Kier alpha value is -1.67. The van der Waals surface area contributed by atoms with Gasteiger partial charge in [0.15, 0.2) is 0 Å². The first-order chi connectivity index (χ1) is 13.3. The van der Waals surface area contributed by atoms with E-state index in [4.69, 9.17) is 4.74 Å². The lowest BCUT2D eigenvalue weighted by Gasteiger charge is -2.29. The standard InChI is InChI=1S/C25H33FO/c1-2-3-4-5-6-7-8-25-18-15-23(19-27-25)22-11-9-20(10-12-22)21-13-16-24(26)17-14-21/h9-14,16-17,23,25H,2-8,15,18-19H2,1H3. The minimum Gasteiger partial charge on any atom is -0.378 e. The van der Waals surface area contributed by atoms with Gasteiger partial charge in [-0.25, -0.2) is 4.39 Å². The molecule has 2 aromatic carbocycles. The van der Waals surface area contributed by atoms with Gasteiger partial charge in [-0.15, -0.1) is 0 Å². The van der Waals surface area contributed by atoms with Crippen LogP contribution in [0.4, 0.5) is 4.39 Å². The molecule has 2 atom stereocenters. The Balaban J connectivity index is 1.42. The van der Waals surface area contributed by atoms with Gasteiger partial charge in [-0.3, -0.25) is 0 Å². The fourth-order valence-corrected chi connectivity index (χ4v) is 4.04. The Morgan fingerprint density at radius 3 is 2.07 bits per heavy atom. The van der Waals surface area contributed by atoms with Crippen LogP contribution in [0.2, 0.25) is 0 Å². The zero-order valence-electron chi connectivity index (χ0n) is 16.6. The normalized spacial score (nSPS) is 19.9. The number of halogens is 1. The monoisotopic (exact) mass is 368 g/mol. The Kier molecular flexibility index (Phi) is 7.89. The lowest BCUT2D eigenvalue weighted by Crippen LogP contribution is -2.24. The molecule has 1 aliphatic heterocycles. The fourth-order valence-electron chi connectivity index (χ4n) is 4.04. The topological polar surface area (TPSA) is 9.23 Å². The van der Waals surface area contributed by atoms with E-state index in [0.717, 1.165) is 17.7 Å². The summed E-state index contributed by atoms with van der Waals surface area (Å²) in [7, 11) is 0. The third-order valence-electron chi connectivity index (χ3n) is 5.81. The Bertz CT molecular complexity index is 654. The molecule has 1 aliphatic rings. The second-order valence-electron chi connectivity index (χ2n) is 7.91. The van der Waals surface area contributed by atoms with Gasteiger partial charge in [-0.1, -0.05) is 81.8 Å². The predicted octanol–water partition coefficient (Wildman–Crippen LogP) is 7.51. The van der Waals surface area contributed by atoms with Gasteiger partial charge >= 0.3 is 0 Å². The SMILES string of the molecule is CCCCCCCCC1CCC(c2ccc(-c3ccc(F)cc3)cc2)CO1. The van der Waals surface area contributed by atoms with E-state index in [-0.39, 0.29) is 5.82 Å². The summed E-state index contributed by atoms with van der Waals surface area (Å²) >= 11 is 0. The van der Waals surface area contributed by atoms with Crippen LogP contribution < -0.4 is 0 Å². The van der Waals surface area contributed by atoms with Crippen LogP contribution in [0.1, 0.15) is 76.2 Å². The highest BCUT2D eigenvalue weighted by molar-refractivity contribution is 5.63. The van der Waals surface area contributed by atoms with Crippen LogP contribution in [-0.4, -0.2) is 12.7 Å². The van der Waals surface area contributed by atoms with E-state index >= 15 is 0 Å². The highest BCUT2D eigenvalue weighted by atomic mass is 19.1. The van der Waals surface area contributed by atoms with E-state index in [9.17, 15) is 4.39 Å². The van der Waals surface area contributed by atoms with Crippen molar-refractivity contribution in [3.63, 3.8) is 0 Å². The van der Waals surface area contributed by atoms with Crippen LogP contribution in [0.15, 0.2) is 48.5 Å². The molecular weight excluding hydrogens is 335 g/mol. The lowest BCUT2D eigenvalue weighted by molar-refractivity contribution is -0.00213. The number of rotatable bonds is 9. The zero-order valence-corrected chi connectivity index (χ0v) is 16.6. The molecule has 0 N–H and O–H groups in total. The van der Waals surface area contributed by atoms with E-state index in [1.54, 1.807) is 0 Å². The molecule has 2 aromatic rings. The summed E-state index contributed by atoms with van der Waals surface area (Å²) < 4.78 is 19.2. The molecule has 3 rings (SSSR count). The third kappa shape index (κ3) is 6.17. The molecule has 0 amide bonds. The van der Waals surface area contributed by atoms with Crippen molar-refractivity contribution in [2.24, 2.45) is 0 Å². The summed E-state index contributed by atoms with van der Waals surface area (Å²) in [6, 6.07) is 15.4. The second kappa shape index (κ2) is 10.6. The quantitative estimate of drug-likeness (QED) is 0.416. The van der Waals surface area contributed by atoms with Gasteiger partial charge in [0.05, 0.1) is 12.7 Å². The first-order valence-corrected chi connectivity index (χ1v) is 10.7. The molecule has 146 valence electrons. The molecule has 0 radical (unpaired) electrons. The van der Waals surface area contributed by atoms with Gasteiger partial charge < -0.3 is 4.74 Å². The first-order valence-electron chi connectivity index (χ1n) is 10.7. The number of hydrogen-bond acceptors (Lipinski definition) is 1. The van der Waals surface area contributed by atoms with Gasteiger partial charge in [0.2, 0.25) is 0 Å². The van der Waals surface area contributed by atoms with Crippen molar-refractivity contribution >= 4 is 0 Å². The minimum atomic E-state index is -0.190. The van der Waals surface area contributed by atoms with E-state index < -0.39 is 0 Å². The summed E-state index contributed by atoms with van der Waals surface area (Å²) in [6.45, 7) is 3.11. The average molecular weight is 369 g/mol. The van der Waals surface area contributed by atoms with E-state index in [0.29, 0.717) is 12.0 Å². The molecule has 27 heavy (non-hydrogen) atoms. The average Bonchev–Trinajstić information content (AvgIpc) is 2.72. The van der Waals surface area contributed by atoms with Crippen LogP contribution in [-0.2, 0) is 4.74 Å². The lowest BCUT2D eigenvalue weighted by atomic mass is 9.89. The van der Waals surface area contributed by atoms with Gasteiger partial charge in [-0.05, 0) is 48.1 Å². The van der Waals surface area contributed by atoms with Gasteiger partial charge in [0.1, 0.15) is 5.82 Å². The summed E-state index contributed by atoms with van der Waals surface area (Å²) in [4.78, 5) is 0. The molecule has 2 heteroatoms. The minimum absolute atomic E-state index is 0.190. The van der Waals surface area contributed by atoms with Crippen molar-refractivity contribution in [3.05, 3.63) is 59.9 Å². The van der Waals surface area contributed by atoms with Crippen LogP contribution in [0.3, 0.4) is 0 Å². The first kappa shape index (κ1) is 20.1. The maximum absolute atomic E-state index is 13.1.